The zero-order chi connectivity index (χ0) is 8.77. The van der Waals surface area contributed by atoms with Gasteiger partial charge in [0.05, 0.1) is 0 Å². The minimum absolute atomic E-state index is 0.302. The van der Waals surface area contributed by atoms with Crippen molar-refractivity contribution in [2.45, 2.75) is 18.1 Å². The van der Waals surface area contributed by atoms with Gasteiger partial charge in [0, 0.05) is 12.5 Å². The number of halogens is 2. The number of hydrogen-bond acceptors (Lipinski definition) is 1. The number of rotatable bonds is 1. The zero-order valence-corrected chi connectivity index (χ0v) is 6.43. The van der Waals surface area contributed by atoms with E-state index in [1.165, 1.54) is 18.2 Å². The van der Waals surface area contributed by atoms with Crippen LogP contribution in [0.3, 0.4) is 0 Å². The van der Waals surface area contributed by atoms with Crippen LogP contribution >= 0.6 is 0 Å². The fraction of sp³-hybridized carbons (Fsp3) is 0.333. The molecule has 3 heteroatoms. The highest BCUT2D eigenvalue weighted by molar-refractivity contribution is 5.32. The van der Waals surface area contributed by atoms with Crippen molar-refractivity contribution in [3.8, 4) is 0 Å². The lowest BCUT2D eigenvalue weighted by Crippen LogP contribution is -2.13. The van der Waals surface area contributed by atoms with Gasteiger partial charge in [-0.15, -0.1) is 0 Å². The van der Waals surface area contributed by atoms with Crippen molar-refractivity contribution in [3.63, 3.8) is 0 Å². The van der Waals surface area contributed by atoms with E-state index in [4.69, 9.17) is 5.73 Å². The molecule has 0 bridgehead atoms. The van der Waals surface area contributed by atoms with E-state index >= 15 is 0 Å². The van der Waals surface area contributed by atoms with Crippen LogP contribution in [0.1, 0.15) is 12.0 Å². The van der Waals surface area contributed by atoms with E-state index in [0.717, 1.165) is 0 Å². The van der Waals surface area contributed by atoms with Crippen LogP contribution in [-0.2, 0) is 5.67 Å². The summed E-state index contributed by atoms with van der Waals surface area (Å²) in [5, 5.41) is 0. The summed E-state index contributed by atoms with van der Waals surface area (Å²) in [6.07, 6.45) is 0.302. The molecule has 0 saturated heterocycles. The Kier molecular flexibility index (Phi) is 1.45. The third-order valence-corrected chi connectivity index (χ3v) is 2.25. The van der Waals surface area contributed by atoms with E-state index in [0.29, 0.717) is 12.0 Å². The molecule has 1 aliphatic carbocycles. The second kappa shape index (κ2) is 2.26. The lowest BCUT2D eigenvalue weighted by atomic mass is 10.1. The monoisotopic (exact) mass is 169 g/mol. The molecule has 2 atom stereocenters. The van der Waals surface area contributed by atoms with Crippen molar-refractivity contribution in [3.05, 3.63) is 35.6 Å². The Morgan fingerprint density at radius 3 is 2.67 bits per heavy atom. The lowest BCUT2D eigenvalue weighted by Gasteiger charge is -2.05. The molecule has 2 N–H and O–H groups in total. The molecule has 0 amide bonds. The van der Waals surface area contributed by atoms with Gasteiger partial charge in [0.25, 0.3) is 0 Å². The molecule has 0 aliphatic heterocycles. The number of nitrogens with two attached hydrogens (primary N) is 1. The summed E-state index contributed by atoms with van der Waals surface area (Å²) < 4.78 is 26.2. The molecule has 2 rings (SSSR count). The average Bonchev–Trinajstić information content (AvgIpc) is 2.61. The van der Waals surface area contributed by atoms with E-state index < -0.39 is 17.5 Å². The normalized spacial score (nSPS) is 33.4. The maximum atomic E-state index is 13.5. The van der Waals surface area contributed by atoms with Crippen LogP contribution in [0.4, 0.5) is 8.78 Å². The Labute approximate surface area is 69.2 Å². The van der Waals surface area contributed by atoms with Crippen LogP contribution in [0.25, 0.3) is 0 Å². The maximum Gasteiger partial charge on any atom is 0.152 e. The van der Waals surface area contributed by atoms with Gasteiger partial charge in [0.1, 0.15) is 5.82 Å². The molecule has 1 aliphatic rings. The molecule has 0 aromatic heterocycles. The standard InChI is InChI=1S/C9H9F2N/c10-7-3-1-2-6(4-7)9(11)5-8(9)12/h1-4,8H,5,12H2/t8-,9-/m0/s1. The SMILES string of the molecule is N[C@H]1C[C@]1(F)c1cccc(F)c1. The summed E-state index contributed by atoms with van der Waals surface area (Å²) in [6.45, 7) is 0. The molecule has 1 aromatic carbocycles. The fourth-order valence-electron chi connectivity index (χ4n) is 1.34. The minimum Gasteiger partial charge on any atom is -0.325 e. The van der Waals surface area contributed by atoms with Gasteiger partial charge in [-0.25, -0.2) is 8.78 Å². The summed E-state index contributed by atoms with van der Waals surface area (Å²) in [7, 11) is 0. The van der Waals surface area contributed by atoms with Crippen LogP contribution < -0.4 is 5.73 Å². The first-order valence-electron chi connectivity index (χ1n) is 3.83. The quantitative estimate of drug-likeness (QED) is 0.680. The molecule has 1 saturated carbocycles. The van der Waals surface area contributed by atoms with Crippen molar-refractivity contribution in [1.82, 2.24) is 0 Å². The first kappa shape index (κ1) is 7.68. The van der Waals surface area contributed by atoms with Crippen molar-refractivity contribution in [2.24, 2.45) is 5.73 Å². The molecule has 0 spiro atoms. The predicted molar refractivity (Wildman–Crippen MR) is 41.8 cm³/mol. The zero-order valence-electron chi connectivity index (χ0n) is 6.43. The summed E-state index contributed by atoms with van der Waals surface area (Å²) in [4.78, 5) is 0. The second-order valence-electron chi connectivity index (χ2n) is 3.18. The van der Waals surface area contributed by atoms with Gasteiger partial charge in [0.2, 0.25) is 0 Å². The van der Waals surface area contributed by atoms with E-state index in [1.54, 1.807) is 6.07 Å². The molecule has 1 nitrogen and oxygen atoms in total. The van der Waals surface area contributed by atoms with Gasteiger partial charge in [0.15, 0.2) is 5.67 Å². The summed E-state index contributed by atoms with van der Waals surface area (Å²) in [5.74, 6) is -0.413. The highest BCUT2D eigenvalue weighted by Crippen LogP contribution is 2.48. The van der Waals surface area contributed by atoms with Gasteiger partial charge < -0.3 is 5.73 Å². The van der Waals surface area contributed by atoms with E-state index in [2.05, 4.69) is 0 Å². The molecular formula is C9H9F2N. The predicted octanol–water partition coefficient (Wildman–Crippen LogP) is 1.72. The molecule has 64 valence electrons. The number of benzene rings is 1. The van der Waals surface area contributed by atoms with Crippen molar-refractivity contribution >= 4 is 0 Å². The second-order valence-corrected chi connectivity index (χ2v) is 3.18. The van der Waals surface area contributed by atoms with Crippen LogP contribution in [0.15, 0.2) is 24.3 Å². The fourth-order valence-corrected chi connectivity index (χ4v) is 1.34. The Morgan fingerprint density at radius 2 is 2.17 bits per heavy atom. The summed E-state index contributed by atoms with van der Waals surface area (Å²) >= 11 is 0. The van der Waals surface area contributed by atoms with Crippen molar-refractivity contribution < 1.29 is 8.78 Å². The first-order valence-corrected chi connectivity index (χ1v) is 3.83. The number of hydrogen-bond donors (Lipinski definition) is 1. The molecule has 1 fully saturated rings. The molecule has 0 radical (unpaired) electrons. The molecule has 12 heavy (non-hydrogen) atoms. The van der Waals surface area contributed by atoms with E-state index in [-0.39, 0.29) is 0 Å². The Hall–Kier alpha value is -0.960. The third kappa shape index (κ3) is 1.01. The van der Waals surface area contributed by atoms with Crippen molar-refractivity contribution in [1.29, 1.82) is 0 Å². The highest BCUT2D eigenvalue weighted by Gasteiger charge is 2.54. The summed E-state index contributed by atoms with van der Waals surface area (Å²) in [5.41, 5.74) is 4.27. The molecule has 1 aromatic rings. The number of alkyl halides is 1. The molecule has 0 heterocycles. The van der Waals surface area contributed by atoms with Gasteiger partial charge in [-0.1, -0.05) is 12.1 Å². The minimum atomic E-state index is -1.47. The van der Waals surface area contributed by atoms with Gasteiger partial charge in [-0.05, 0) is 17.7 Å². The van der Waals surface area contributed by atoms with Crippen LogP contribution in [0.2, 0.25) is 0 Å². The molecule has 0 unspecified atom stereocenters. The third-order valence-electron chi connectivity index (χ3n) is 2.25. The average molecular weight is 169 g/mol. The lowest BCUT2D eigenvalue weighted by molar-refractivity contribution is 0.305. The highest BCUT2D eigenvalue weighted by atomic mass is 19.1. The van der Waals surface area contributed by atoms with Crippen molar-refractivity contribution in [2.75, 3.05) is 0 Å². The molecular weight excluding hydrogens is 160 g/mol. The van der Waals surface area contributed by atoms with Crippen LogP contribution in [0, 0.1) is 5.82 Å². The summed E-state index contributed by atoms with van der Waals surface area (Å²) in [6, 6.07) is 5.10. The van der Waals surface area contributed by atoms with E-state index in [9.17, 15) is 8.78 Å². The largest absolute Gasteiger partial charge is 0.325 e. The van der Waals surface area contributed by atoms with Gasteiger partial charge in [-0.3, -0.25) is 0 Å². The smallest absolute Gasteiger partial charge is 0.152 e. The Bertz CT molecular complexity index is 313. The van der Waals surface area contributed by atoms with Gasteiger partial charge >= 0.3 is 0 Å². The maximum absolute atomic E-state index is 13.5. The topological polar surface area (TPSA) is 26.0 Å². The van der Waals surface area contributed by atoms with Crippen LogP contribution in [0.5, 0.6) is 0 Å². The van der Waals surface area contributed by atoms with Crippen LogP contribution in [-0.4, -0.2) is 6.04 Å². The van der Waals surface area contributed by atoms with Gasteiger partial charge in [-0.2, -0.15) is 0 Å². The first-order chi connectivity index (χ1) is 5.63. The Morgan fingerprint density at radius 1 is 1.50 bits per heavy atom. The van der Waals surface area contributed by atoms with E-state index in [1.807, 2.05) is 0 Å². The Balaban J connectivity index is 2.36.